The molecule has 3 aromatic rings. The summed E-state index contributed by atoms with van der Waals surface area (Å²) in [7, 11) is -2.70. The van der Waals surface area contributed by atoms with Crippen LogP contribution in [-0.4, -0.2) is 48.6 Å². The van der Waals surface area contributed by atoms with E-state index >= 15 is 0 Å². The number of hydrogen-bond donors (Lipinski definition) is 1. The summed E-state index contributed by atoms with van der Waals surface area (Å²) < 4.78 is 34.2. The second-order valence-corrected chi connectivity index (χ2v) is 11.7. The summed E-state index contributed by atoms with van der Waals surface area (Å²) in [5.74, 6) is 0.130. The van der Waals surface area contributed by atoms with Crippen molar-refractivity contribution < 1.29 is 28.3 Å². The number of hydrogen-bond acceptors (Lipinski definition) is 5. The molecule has 0 bridgehead atoms. The van der Waals surface area contributed by atoms with Crippen LogP contribution in [0, 0.1) is 5.92 Å². The number of likely N-dealkylation sites (tertiary alicyclic amines) is 1. The Labute approximate surface area is 250 Å². The maximum atomic E-state index is 13.9. The Hall–Kier alpha value is -3.55. The molecule has 2 amide bonds. The number of piperidine rings is 1. The third-order valence-corrected chi connectivity index (χ3v) is 8.48. The quantitative estimate of drug-likeness (QED) is 0.337. The van der Waals surface area contributed by atoms with E-state index in [1.807, 2.05) is 50.2 Å². The first-order chi connectivity index (χ1) is 20.8. The van der Waals surface area contributed by atoms with Gasteiger partial charge in [0.15, 0.2) is 11.5 Å². The molecule has 1 N–H and O–H groups in total. The molecule has 2 aliphatic rings. The lowest BCUT2D eigenvalue weighted by atomic mass is 9.77. The van der Waals surface area contributed by atoms with Crippen LogP contribution in [0.25, 0.3) is 0 Å². The molecule has 216 valence electrons. The van der Waals surface area contributed by atoms with Gasteiger partial charge in [0.25, 0.3) is 0 Å². The second kappa shape index (κ2) is 11.7. The number of methoxy groups -OCH3 is 1. The minimum absolute atomic E-state index is 0.0134. The highest BCUT2D eigenvalue weighted by Crippen LogP contribution is 2.44. The number of aliphatic hydroxyl groups is 1. The van der Waals surface area contributed by atoms with Crippen LogP contribution in [0.5, 0.6) is 11.5 Å². The maximum absolute atomic E-state index is 13.9. The fourth-order valence-corrected chi connectivity index (χ4v) is 6.14. The number of halogens is 1. The average Bonchev–Trinajstić information content (AvgIpc) is 2.97. The zero-order valence-corrected chi connectivity index (χ0v) is 24.2. The van der Waals surface area contributed by atoms with Gasteiger partial charge < -0.3 is 24.4 Å². The summed E-state index contributed by atoms with van der Waals surface area (Å²) in [6, 6.07) is 17.4. The summed E-state index contributed by atoms with van der Waals surface area (Å²) in [6.07, 6.45) is 2.01. The van der Waals surface area contributed by atoms with E-state index in [9.17, 15) is 14.7 Å². The number of carbonyl (C=O) groups is 2. The molecule has 0 unspecified atom stereocenters. The fourth-order valence-electron chi connectivity index (χ4n) is 6.01. The van der Waals surface area contributed by atoms with Crippen molar-refractivity contribution in [2.45, 2.75) is 57.8 Å². The van der Waals surface area contributed by atoms with E-state index in [-0.39, 0.29) is 35.8 Å². The molecule has 7 nitrogen and oxygen atoms in total. The lowest BCUT2D eigenvalue weighted by Gasteiger charge is -2.40. The van der Waals surface area contributed by atoms with Crippen molar-refractivity contribution >= 4 is 29.6 Å². The predicted octanol–water partition coefficient (Wildman–Crippen LogP) is 5.89. The van der Waals surface area contributed by atoms with Crippen LogP contribution in [0.15, 0.2) is 60.7 Å². The summed E-state index contributed by atoms with van der Waals surface area (Å²) in [5, 5.41) is 12.1. The first-order valence-electron chi connectivity index (χ1n) is 15.4. The third-order valence-electron chi connectivity index (χ3n) is 8.23. The Bertz CT molecular complexity index is 1500. The van der Waals surface area contributed by atoms with E-state index in [0.717, 1.165) is 23.1 Å². The number of carbonyl (C=O) groups excluding carboxylic acids is 2. The minimum atomic E-state index is -2.70. The molecule has 2 atom stereocenters. The molecule has 1 saturated heterocycles. The SMILES string of the molecule is [2H]C([2H])([2H])Oc1cc2c(cc1OC(C)C)[C@H](c1ccc(Cl)cc1)N(c1ccc([C@](C)(O)C3CCN(C=O)CC3)cc1)C(=O)C2. The van der Waals surface area contributed by atoms with Crippen LogP contribution in [0.4, 0.5) is 5.69 Å². The van der Waals surface area contributed by atoms with Gasteiger partial charge in [0.05, 0.1) is 35.3 Å². The van der Waals surface area contributed by atoms with Crippen LogP contribution in [0.3, 0.4) is 0 Å². The van der Waals surface area contributed by atoms with Crippen LogP contribution < -0.4 is 14.4 Å². The van der Waals surface area contributed by atoms with Gasteiger partial charge in [-0.15, -0.1) is 0 Å². The average molecular weight is 580 g/mol. The highest BCUT2D eigenvalue weighted by atomic mass is 35.5. The molecular weight excluding hydrogens is 540 g/mol. The van der Waals surface area contributed by atoms with Crippen molar-refractivity contribution in [3.63, 3.8) is 0 Å². The van der Waals surface area contributed by atoms with Crippen molar-refractivity contribution in [1.29, 1.82) is 0 Å². The number of nitrogens with zero attached hydrogens (tertiary/aromatic N) is 2. The molecule has 0 radical (unpaired) electrons. The van der Waals surface area contributed by atoms with E-state index in [1.165, 1.54) is 0 Å². The highest BCUT2D eigenvalue weighted by Gasteiger charge is 2.38. The molecule has 0 saturated carbocycles. The summed E-state index contributed by atoms with van der Waals surface area (Å²) in [5.41, 5.74) is 2.50. The van der Waals surface area contributed by atoms with Crippen LogP contribution in [-0.2, 0) is 21.6 Å². The standard InChI is InChI=1S/C33H37ClN2O5/c1-21(2)41-30-19-28-23(17-29(30)40-4)18-31(38)36(32(28)22-5-9-26(34)10-6-22)27-11-7-24(8-12-27)33(3,39)25-13-15-35(20-37)16-14-25/h5-12,17,19-21,25,32,39H,13-16,18H2,1-4H3/t32-,33-/m0/s1/i4D3. The van der Waals surface area contributed by atoms with Gasteiger partial charge in [0.2, 0.25) is 12.3 Å². The number of amides is 2. The summed E-state index contributed by atoms with van der Waals surface area (Å²) >= 11 is 6.22. The molecule has 41 heavy (non-hydrogen) atoms. The van der Waals surface area contributed by atoms with E-state index in [1.54, 1.807) is 41.0 Å². The first kappa shape index (κ1) is 25.2. The second-order valence-electron chi connectivity index (χ2n) is 11.3. The van der Waals surface area contributed by atoms with Gasteiger partial charge in [-0.1, -0.05) is 35.9 Å². The molecule has 2 heterocycles. The summed E-state index contributed by atoms with van der Waals surface area (Å²) in [6.45, 7) is 6.69. The Morgan fingerprint density at radius 3 is 2.37 bits per heavy atom. The molecule has 0 spiro atoms. The molecule has 1 fully saturated rings. The molecule has 8 heteroatoms. The van der Waals surface area contributed by atoms with E-state index < -0.39 is 18.7 Å². The minimum Gasteiger partial charge on any atom is -0.493 e. The Balaban J connectivity index is 1.56. The summed E-state index contributed by atoms with van der Waals surface area (Å²) in [4.78, 5) is 28.5. The third kappa shape index (κ3) is 5.79. The lowest BCUT2D eigenvalue weighted by Crippen LogP contribution is -2.42. The van der Waals surface area contributed by atoms with Gasteiger partial charge in [0.1, 0.15) is 0 Å². The molecule has 2 aliphatic heterocycles. The van der Waals surface area contributed by atoms with Gasteiger partial charge in [-0.05, 0) is 98.2 Å². The lowest BCUT2D eigenvalue weighted by molar-refractivity contribution is -0.121. The number of fused-ring (bicyclic) bond motifs is 1. The van der Waals surface area contributed by atoms with Gasteiger partial charge in [-0.2, -0.15) is 0 Å². The van der Waals surface area contributed by atoms with E-state index in [0.29, 0.717) is 42.2 Å². The van der Waals surface area contributed by atoms with Crippen LogP contribution >= 0.6 is 11.6 Å². The van der Waals surface area contributed by atoms with Gasteiger partial charge >= 0.3 is 0 Å². The van der Waals surface area contributed by atoms with Crippen molar-refractivity contribution in [2.24, 2.45) is 5.92 Å². The van der Waals surface area contributed by atoms with Crippen LogP contribution in [0.1, 0.15) is 66.0 Å². The molecule has 3 aromatic carbocycles. The maximum Gasteiger partial charge on any atom is 0.232 e. The molecule has 0 aromatic heterocycles. The normalized spacial score (nSPS) is 20.5. The largest absolute Gasteiger partial charge is 0.493 e. The van der Waals surface area contributed by atoms with Crippen molar-refractivity contribution in [2.75, 3.05) is 25.0 Å². The number of anilines is 1. The Kier molecular flexibility index (Phi) is 7.21. The first-order valence-corrected chi connectivity index (χ1v) is 14.3. The number of ether oxygens (including phenoxy) is 2. The molecule has 5 rings (SSSR count). The molecular formula is C33H37ClN2O5. The van der Waals surface area contributed by atoms with Gasteiger partial charge in [-0.3, -0.25) is 9.59 Å². The molecule has 0 aliphatic carbocycles. The van der Waals surface area contributed by atoms with Gasteiger partial charge in [-0.25, -0.2) is 0 Å². The predicted molar refractivity (Wildman–Crippen MR) is 160 cm³/mol. The zero-order valence-electron chi connectivity index (χ0n) is 26.5. The van der Waals surface area contributed by atoms with Crippen molar-refractivity contribution in [1.82, 2.24) is 4.90 Å². The highest BCUT2D eigenvalue weighted by molar-refractivity contribution is 6.30. The monoisotopic (exact) mass is 579 g/mol. The van der Waals surface area contributed by atoms with E-state index in [2.05, 4.69) is 0 Å². The fraction of sp³-hybridized carbons (Fsp3) is 0.394. The van der Waals surface area contributed by atoms with Crippen LogP contribution in [0.2, 0.25) is 5.02 Å². The van der Waals surface area contributed by atoms with Gasteiger partial charge in [0, 0.05) is 23.8 Å². The van der Waals surface area contributed by atoms with Crippen molar-refractivity contribution in [3.8, 4) is 11.5 Å². The Morgan fingerprint density at radius 2 is 1.76 bits per heavy atom. The smallest absolute Gasteiger partial charge is 0.232 e. The Morgan fingerprint density at radius 1 is 1.07 bits per heavy atom. The number of rotatable bonds is 8. The van der Waals surface area contributed by atoms with E-state index in [4.69, 9.17) is 25.2 Å². The number of benzene rings is 3. The topological polar surface area (TPSA) is 79.3 Å². The zero-order chi connectivity index (χ0) is 31.8. The van der Waals surface area contributed by atoms with Crippen molar-refractivity contribution in [3.05, 3.63) is 87.9 Å².